The van der Waals surface area contributed by atoms with Crippen molar-refractivity contribution < 1.29 is 0 Å². The van der Waals surface area contributed by atoms with E-state index in [1.54, 1.807) is 0 Å². The second kappa shape index (κ2) is 5.57. The first-order chi connectivity index (χ1) is 9.36. The average molecular weight is 255 g/mol. The van der Waals surface area contributed by atoms with Gasteiger partial charge in [0.05, 0.1) is 5.52 Å². The van der Waals surface area contributed by atoms with Gasteiger partial charge in [0.15, 0.2) is 0 Å². The molecule has 3 rings (SSSR count). The summed E-state index contributed by atoms with van der Waals surface area (Å²) in [4.78, 5) is 7.23. The Morgan fingerprint density at radius 3 is 3.05 bits per heavy atom. The van der Waals surface area contributed by atoms with Crippen molar-refractivity contribution in [1.82, 2.24) is 10.3 Å². The zero-order valence-corrected chi connectivity index (χ0v) is 11.5. The fourth-order valence-corrected chi connectivity index (χ4v) is 2.96. The maximum atomic E-state index is 4.80. The van der Waals surface area contributed by atoms with Gasteiger partial charge in [-0.3, -0.25) is 0 Å². The van der Waals surface area contributed by atoms with E-state index in [1.165, 1.54) is 18.2 Å². The fourth-order valence-electron chi connectivity index (χ4n) is 2.96. The van der Waals surface area contributed by atoms with Crippen LogP contribution in [0.1, 0.15) is 12.8 Å². The molecule has 1 N–H and O–H groups in total. The summed E-state index contributed by atoms with van der Waals surface area (Å²) in [7, 11) is 2.03. The van der Waals surface area contributed by atoms with Crippen molar-refractivity contribution in [3.8, 4) is 0 Å². The number of benzene rings is 1. The number of fused-ring (bicyclic) bond motifs is 1. The summed E-state index contributed by atoms with van der Waals surface area (Å²) in [6.07, 6.45) is 2.59. The molecule has 100 valence electrons. The highest BCUT2D eigenvalue weighted by atomic mass is 15.2. The van der Waals surface area contributed by atoms with Crippen LogP contribution in [0.3, 0.4) is 0 Å². The van der Waals surface area contributed by atoms with E-state index in [2.05, 4.69) is 46.6 Å². The molecule has 1 aromatic carbocycles. The zero-order valence-electron chi connectivity index (χ0n) is 11.5. The van der Waals surface area contributed by atoms with Crippen molar-refractivity contribution in [1.29, 1.82) is 0 Å². The Labute approximate surface area is 114 Å². The van der Waals surface area contributed by atoms with E-state index in [4.69, 9.17) is 4.98 Å². The third kappa shape index (κ3) is 2.71. The minimum atomic E-state index is 0.743. The Hall–Kier alpha value is -1.61. The first-order valence-corrected chi connectivity index (χ1v) is 7.12. The summed E-state index contributed by atoms with van der Waals surface area (Å²) < 4.78 is 0. The van der Waals surface area contributed by atoms with Gasteiger partial charge >= 0.3 is 0 Å². The first kappa shape index (κ1) is 12.4. The molecule has 1 saturated heterocycles. The van der Waals surface area contributed by atoms with E-state index >= 15 is 0 Å². The molecule has 0 saturated carbocycles. The lowest BCUT2D eigenvalue weighted by Crippen LogP contribution is -2.39. The van der Waals surface area contributed by atoms with E-state index in [1.807, 2.05) is 7.05 Å². The minimum Gasteiger partial charge on any atom is -0.356 e. The van der Waals surface area contributed by atoms with E-state index in [-0.39, 0.29) is 0 Å². The van der Waals surface area contributed by atoms with Crippen LogP contribution in [-0.2, 0) is 0 Å². The summed E-state index contributed by atoms with van der Waals surface area (Å²) in [6, 6.07) is 12.7. The number of anilines is 1. The summed E-state index contributed by atoms with van der Waals surface area (Å²) in [5.41, 5.74) is 1.09. The Morgan fingerprint density at radius 1 is 1.26 bits per heavy atom. The molecule has 1 aromatic heterocycles. The molecule has 2 aromatic rings. The van der Waals surface area contributed by atoms with Gasteiger partial charge < -0.3 is 10.2 Å². The number of para-hydroxylation sites is 1. The van der Waals surface area contributed by atoms with Crippen molar-refractivity contribution in [3.05, 3.63) is 36.4 Å². The van der Waals surface area contributed by atoms with Crippen molar-refractivity contribution >= 4 is 16.7 Å². The smallest absolute Gasteiger partial charge is 0.129 e. The number of hydrogen-bond acceptors (Lipinski definition) is 3. The molecular weight excluding hydrogens is 234 g/mol. The maximum Gasteiger partial charge on any atom is 0.129 e. The van der Waals surface area contributed by atoms with Gasteiger partial charge in [0.2, 0.25) is 0 Å². The molecule has 0 spiro atoms. The van der Waals surface area contributed by atoms with Gasteiger partial charge in [0.1, 0.15) is 5.82 Å². The minimum absolute atomic E-state index is 0.743. The molecule has 0 aliphatic carbocycles. The number of aromatic nitrogens is 1. The molecule has 1 aliphatic rings. The lowest BCUT2D eigenvalue weighted by Gasteiger charge is -2.33. The van der Waals surface area contributed by atoms with Crippen LogP contribution in [0.4, 0.5) is 5.82 Å². The largest absolute Gasteiger partial charge is 0.356 e. The van der Waals surface area contributed by atoms with Crippen molar-refractivity contribution in [2.45, 2.75) is 12.8 Å². The molecular formula is C16H21N3. The third-order valence-electron chi connectivity index (χ3n) is 3.92. The van der Waals surface area contributed by atoms with E-state index in [0.29, 0.717) is 0 Å². The highest BCUT2D eigenvalue weighted by molar-refractivity contribution is 5.80. The zero-order chi connectivity index (χ0) is 13.1. The number of pyridine rings is 1. The standard InChI is InChI=1S/C16H21N3/c1-17-11-13-5-4-10-19(12-13)16-9-8-14-6-2-3-7-15(14)18-16/h2-3,6-9,13,17H,4-5,10-12H2,1H3. The quantitative estimate of drug-likeness (QED) is 0.914. The molecule has 19 heavy (non-hydrogen) atoms. The van der Waals surface area contributed by atoms with Gasteiger partial charge in [-0.1, -0.05) is 18.2 Å². The highest BCUT2D eigenvalue weighted by Crippen LogP contribution is 2.23. The Bertz CT molecular complexity index is 550. The van der Waals surface area contributed by atoms with Gasteiger partial charge in [0, 0.05) is 18.5 Å². The highest BCUT2D eigenvalue weighted by Gasteiger charge is 2.20. The molecule has 0 bridgehead atoms. The number of nitrogens with zero attached hydrogens (tertiary/aromatic N) is 2. The Morgan fingerprint density at radius 2 is 2.16 bits per heavy atom. The fraction of sp³-hybridized carbons (Fsp3) is 0.438. The molecule has 3 heteroatoms. The van der Waals surface area contributed by atoms with Gasteiger partial charge in [0.25, 0.3) is 0 Å². The van der Waals surface area contributed by atoms with Gasteiger partial charge in [-0.15, -0.1) is 0 Å². The van der Waals surface area contributed by atoms with Crippen molar-refractivity contribution in [3.63, 3.8) is 0 Å². The van der Waals surface area contributed by atoms with E-state index in [9.17, 15) is 0 Å². The number of nitrogens with one attached hydrogen (secondary N) is 1. The molecule has 1 aliphatic heterocycles. The Kier molecular flexibility index (Phi) is 3.65. The van der Waals surface area contributed by atoms with Crippen LogP contribution in [0.25, 0.3) is 10.9 Å². The monoisotopic (exact) mass is 255 g/mol. The van der Waals surface area contributed by atoms with Gasteiger partial charge in [-0.05, 0) is 50.6 Å². The van der Waals surface area contributed by atoms with Crippen LogP contribution in [-0.4, -0.2) is 31.7 Å². The normalized spacial score (nSPS) is 19.8. The van der Waals surface area contributed by atoms with Crippen molar-refractivity contribution in [2.75, 3.05) is 31.6 Å². The molecule has 1 fully saturated rings. The van der Waals surface area contributed by atoms with E-state index in [0.717, 1.165) is 36.9 Å². The molecule has 0 radical (unpaired) electrons. The van der Waals surface area contributed by atoms with Gasteiger partial charge in [-0.2, -0.15) is 0 Å². The Balaban J connectivity index is 1.83. The molecule has 1 unspecified atom stereocenters. The summed E-state index contributed by atoms with van der Waals surface area (Å²) in [6.45, 7) is 3.35. The van der Waals surface area contributed by atoms with E-state index < -0.39 is 0 Å². The van der Waals surface area contributed by atoms with Crippen LogP contribution in [0.2, 0.25) is 0 Å². The molecule has 0 amide bonds. The summed E-state index contributed by atoms with van der Waals surface area (Å²) in [5, 5.41) is 4.51. The summed E-state index contributed by atoms with van der Waals surface area (Å²) >= 11 is 0. The second-order valence-corrected chi connectivity index (χ2v) is 5.37. The molecule has 3 nitrogen and oxygen atoms in total. The average Bonchev–Trinajstić information content (AvgIpc) is 2.47. The first-order valence-electron chi connectivity index (χ1n) is 7.12. The maximum absolute atomic E-state index is 4.80. The predicted molar refractivity (Wildman–Crippen MR) is 80.6 cm³/mol. The lowest BCUT2D eigenvalue weighted by molar-refractivity contribution is 0.401. The SMILES string of the molecule is CNCC1CCCN(c2ccc3ccccc3n2)C1. The second-order valence-electron chi connectivity index (χ2n) is 5.37. The van der Waals surface area contributed by atoms with Crippen LogP contribution >= 0.6 is 0 Å². The molecule has 1 atom stereocenters. The predicted octanol–water partition coefficient (Wildman–Crippen LogP) is 2.67. The number of rotatable bonds is 3. The summed E-state index contributed by atoms with van der Waals surface area (Å²) in [5.74, 6) is 1.87. The number of hydrogen-bond donors (Lipinski definition) is 1. The van der Waals surface area contributed by atoms with Gasteiger partial charge in [-0.25, -0.2) is 4.98 Å². The lowest BCUT2D eigenvalue weighted by atomic mass is 9.98. The van der Waals surface area contributed by atoms with Crippen molar-refractivity contribution in [2.24, 2.45) is 5.92 Å². The van der Waals surface area contributed by atoms with Crippen LogP contribution in [0.5, 0.6) is 0 Å². The third-order valence-corrected chi connectivity index (χ3v) is 3.92. The van der Waals surface area contributed by atoms with Crippen LogP contribution in [0.15, 0.2) is 36.4 Å². The van der Waals surface area contributed by atoms with Crippen LogP contribution < -0.4 is 10.2 Å². The topological polar surface area (TPSA) is 28.2 Å². The number of piperidine rings is 1. The molecule has 2 heterocycles. The van der Waals surface area contributed by atoms with Crippen LogP contribution in [0, 0.1) is 5.92 Å².